The minimum Gasteiger partial charge on any atom is -0.313 e. The molecule has 0 bridgehead atoms. The maximum absolute atomic E-state index is 13.2. The van der Waals surface area contributed by atoms with E-state index < -0.39 is 0 Å². The quantitative estimate of drug-likeness (QED) is 0.853. The van der Waals surface area contributed by atoms with Crippen LogP contribution in [0.15, 0.2) is 42.5 Å². The first-order chi connectivity index (χ1) is 9.60. The minimum absolute atomic E-state index is 0.167. The minimum atomic E-state index is -0.167. The van der Waals surface area contributed by atoms with Crippen LogP contribution >= 0.6 is 0 Å². The van der Waals surface area contributed by atoms with E-state index in [1.807, 2.05) is 20.0 Å². The fraction of sp³-hybridized carbons (Fsp3) is 0.333. The second-order valence-electron chi connectivity index (χ2n) is 5.37. The molecule has 0 radical (unpaired) electrons. The Morgan fingerprint density at radius 2 is 1.75 bits per heavy atom. The van der Waals surface area contributed by atoms with Crippen molar-refractivity contribution in [3.63, 3.8) is 0 Å². The first kappa shape index (κ1) is 14.7. The van der Waals surface area contributed by atoms with Crippen LogP contribution in [0.1, 0.15) is 34.7 Å². The molecule has 2 rings (SSSR count). The van der Waals surface area contributed by atoms with Crippen LogP contribution in [0.25, 0.3) is 0 Å². The number of hydrogen-bond acceptors (Lipinski definition) is 1. The van der Waals surface area contributed by atoms with E-state index in [1.54, 1.807) is 12.1 Å². The monoisotopic (exact) mass is 271 g/mol. The second-order valence-corrected chi connectivity index (χ2v) is 5.37. The molecule has 106 valence electrons. The molecule has 0 amide bonds. The summed E-state index contributed by atoms with van der Waals surface area (Å²) in [6.45, 7) is 4.07. The normalized spacial score (nSPS) is 12.4. The van der Waals surface area contributed by atoms with E-state index >= 15 is 0 Å². The van der Waals surface area contributed by atoms with Crippen LogP contribution in [-0.4, -0.2) is 7.05 Å². The Kier molecular flexibility index (Phi) is 4.91. The summed E-state index contributed by atoms with van der Waals surface area (Å²) in [7, 11) is 1.96. The average Bonchev–Trinajstić information content (AvgIpc) is 2.43. The molecule has 0 aliphatic rings. The van der Waals surface area contributed by atoms with Gasteiger partial charge in [-0.3, -0.25) is 0 Å². The van der Waals surface area contributed by atoms with Crippen molar-refractivity contribution in [2.75, 3.05) is 7.05 Å². The molecule has 0 aliphatic carbocycles. The largest absolute Gasteiger partial charge is 0.313 e. The lowest BCUT2D eigenvalue weighted by Gasteiger charge is -2.19. The molecule has 0 saturated heterocycles. The van der Waals surface area contributed by atoms with E-state index in [0.29, 0.717) is 0 Å². The van der Waals surface area contributed by atoms with Gasteiger partial charge in [-0.1, -0.05) is 35.9 Å². The molecule has 0 aliphatic heterocycles. The first-order valence-electron chi connectivity index (χ1n) is 7.09. The molecular formula is C18H22FN. The summed E-state index contributed by atoms with van der Waals surface area (Å²) in [5, 5.41) is 3.34. The van der Waals surface area contributed by atoms with E-state index in [1.165, 1.54) is 16.7 Å². The Morgan fingerprint density at radius 1 is 1.05 bits per heavy atom. The third kappa shape index (κ3) is 3.67. The molecule has 2 heteroatoms. The van der Waals surface area contributed by atoms with Crippen molar-refractivity contribution in [1.29, 1.82) is 0 Å². The van der Waals surface area contributed by atoms with Crippen LogP contribution in [0, 0.1) is 19.7 Å². The summed E-state index contributed by atoms with van der Waals surface area (Å²) in [5.41, 5.74) is 4.82. The van der Waals surface area contributed by atoms with Crippen molar-refractivity contribution in [2.24, 2.45) is 0 Å². The highest BCUT2D eigenvalue weighted by Crippen LogP contribution is 2.23. The second kappa shape index (κ2) is 6.67. The van der Waals surface area contributed by atoms with Gasteiger partial charge in [-0.05, 0) is 62.6 Å². The molecule has 2 aromatic carbocycles. The molecule has 0 heterocycles. The smallest absolute Gasteiger partial charge is 0.123 e. The van der Waals surface area contributed by atoms with Gasteiger partial charge in [-0.15, -0.1) is 0 Å². The zero-order valence-electron chi connectivity index (χ0n) is 12.4. The van der Waals surface area contributed by atoms with Gasteiger partial charge in [0.2, 0.25) is 0 Å². The van der Waals surface area contributed by atoms with Gasteiger partial charge in [0.05, 0.1) is 0 Å². The van der Waals surface area contributed by atoms with E-state index in [-0.39, 0.29) is 11.9 Å². The predicted octanol–water partition coefficient (Wildman–Crippen LogP) is 4.34. The van der Waals surface area contributed by atoms with Crippen LogP contribution in [0.4, 0.5) is 4.39 Å². The van der Waals surface area contributed by atoms with Crippen molar-refractivity contribution in [2.45, 2.75) is 32.7 Å². The summed E-state index contributed by atoms with van der Waals surface area (Å²) in [4.78, 5) is 0. The van der Waals surface area contributed by atoms with Gasteiger partial charge in [0.15, 0.2) is 0 Å². The number of halogens is 1. The van der Waals surface area contributed by atoms with Gasteiger partial charge >= 0.3 is 0 Å². The maximum Gasteiger partial charge on any atom is 0.123 e. The molecule has 20 heavy (non-hydrogen) atoms. The Balaban J connectivity index is 2.07. The molecule has 1 unspecified atom stereocenters. The van der Waals surface area contributed by atoms with Gasteiger partial charge in [0, 0.05) is 6.04 Å². The van der Waals surface area contributed by atoms with Crippen LogP contribution in [0.2, 0.25) is 0 Å². The predicted molar refractivity (Wildman–Crippen MR) is 82.4 cm³/mol. The van der Waals surface area contributed by atoms with Crippen molar-refractivity contribution < 1.29 is 4.39 Å². The molecule has 2 aromatic rings. The van der Waals surface area contributed by atoms with Crippen LogP contribution < -0.4 is 5.32 Å². The SMILES string of the molecule is CNC(CCc1ccc(C)cc1)c1ccc(F)cc1C. The van der Waals surface area contributed by atoms with Crippen LogP contribution in [0.5, 0.6) is 0 Å². The molecule has 1 atom stereocenters. The third-order valence-electron chi connectivity index (χ3n) is 3.80. The summed E-state index contributed by atoms with van der Waals surface area (Å²) in [6, 6.07) is 13.9. The highest BCUT2D eigenvalue weighted by Gasteiger charge is 2.12. The highest BCUT2D eigenvalue weighted by molar-refractivity contribution is 5.30. The molecule has 0 fully saturated rings. The van der Waals surface area contributed by atoms with Crippen molar-refractivity contribution in [3.8, 4) is 0 Å². The van der Waals surface area contributed by atoms with E-state index in [2.05, 4.69) is 36.5 Å². The van der Waals surface area contributed by atoms with Crippen molar-refractivity contribution >= 4 is 0 Å². The summed E-state index contributed by atoms with van der Waals surface area (Å²) < 4.78 is 13.2. The summed E-state index contributed by atoms with van der Waals surface area (Å²) in [6.07, 6.45) is 2.02. The zero-order chi connectivity index (χ0) is 14.5. The third-order valence-corrected chi connectivity index (χ3v) is 3.80. The van der Waals surface area contributed by atoms with Crippen LogP contribution in [-0.2, 0) is 6.42 Å². The zero-order valence-corrected chi connectivity index (χ0v) is 12.4. The number of hydrogen-bond donors (Lipinski definition) is 1. The van der Waals surface area contributed by atoms with Crippen LogP contribution in [0.3, 0.4) is 0 Å². The maximum atomic E-state index is 13.2. The number of aryl methyl sites for hydroxylation is 3. The fourth-order valence-corrected chi connectivity index (χ4v) is 2.55. The van der Waals surface area contributed by atoms with Gasteiger partial charge < -0.3 is 5.32 Å². The molecule has 1 N–H and O–H groups in total. The summed E-state index contributed by atoms with van der Waals surface area (Å²) in [5.74, 6) is -0.167. The molecular weight excluding hydrogens is 249 g/mol. The van der Waals surface area contributed by atoms with Crippen molar-refractivity contribution in [1.82, 2.24) is 5.32 Å². The van der Waals surface area contributed by atoms with Gasteiger partial charge in [0.25, 0.3) is 0 Å². The topological polar surface area (TPSA) is 12.0 Å². The molecule has 0 spiro atoms. The van der Waals surface area contributed by atoms with E-state index in [4.69, 9.17) is 0 Å². The first-order valence-corrected chi connectivity index (χ1v) is 7.09. The highest BCUT2D eigenvalue weighted by atomic mass is 19.1. The Bertz CT molecular complexity index is 560. The molecule has 1 nitrogen and oxygen atoms in total. The number of rotatable bonds is 5. The lowest BCUT2D eigenvalue weighted by atomic mass is 9.95. The Hall–Kier alpha value is -1.67. The lowest BCUT2D eigenvalue weighted by molar-refractivity contribution is 0.544. The van der Waals surface area contributed by atoms with Gasteiger partial charge in [0.1, 0.15) is 5.82 Å². The Labute approximate surface area is 120 Å². The standard InChI is InChI=1S/C18H22FN/c1-13-4-6-15(7-5-13)8-11-18(20-3)17-10-9-16(19)12-14(17)2/h4-7,9-10,12,18,20H,8,11H2,1-3H3. The molecule has 0 saturated carbocycles. The van der Waals surface area contributed by atoms with Gasteiger partial charge in [-0.25, -0.2) is 4.39 Å². The lowest BCUT2D eigenvalue weighted by Crippen LogP contribution is -2.18. The van der Waals surface area contributed by atoms with Gasteiger partial charge in [-0.2, -0.15) is 0 Å². The molecule has 0 aromatic heterocycles. The number of nitrogens with one attached hydrogen (secondary N) is 1. The average molecular weight is 271 g/mol. The summed E-state index contributed by atoms with van der Waals surface area (Å²) >= 11 is 0. The Morgan fingerprint density at radius 3 is 2.35 bits per heavy atom. The van der Waals surface area contributed by atoms with E-state index in [9.17, 15) is 4.39 Å². The number of benzene rings is 2. The van der Waals surface area contributed by atoms with Crippen molar-refractivity contribution in [3.05, 3.63) is 70.5 Å². The fourth-order valence-electron chi connectivity index (χ4n) is 2.55. The van der Waals surface area contributed by atoms with E-state index in [0.717, 1.165) is 18.4 Å².